The first-order valence-electron chi connectivity index (χ1n) is 33.2. The molecule has 1 rings (SSSR count). The maximum absolute atomic E-state index is 13.2. The Morgan fingerprint density at radius 2 is 0.759 bits per heavy atom. The highest BCUT2D eigenvalue weighted by Crippen LogP contribution is 2.27. The molecule has 0 amide bonds. The van der Waals surface area contributed by atoms with Crippen LogP contribution < -0.4 is 0 Å². The minimum absolute atomic E-state index is 0.0503. The Morgan fingerprint density at radius 3 is 1.16 bits per heavy atom. The third kappa shape index (κ3) is 47.6. The summed E-state index contributed by atoms with van der Waals surface area (Å²) in [6.07, 6.45) is 65.0. The zero-order valence-electron chi connectivity index (χ0n) is 52.4. The minimum Gasteiger partial charge on any atom is -0.479 e. The molecule has 6 atom stereocenters. The summed E-state index contributed by atoms with van der Waals surface area (Å²) in [6.45, 7) is 5.76. The van der Waals surface area contributed by atoms with Gasteiger partial charge in [-0.3, -0.25) is 14.4 Å². The van der Waals surface area contributed by atoms with Crippen LogP contribution in [0.25, 0.3) is 0 Å². The summed E-state index contributed by atoms with van der Waals surface area (Å²) in [5, 5.41) is 31.6. The lowest BCUT2D eigenvalue weighted by atomic mass is 9.98. The van der Waals surface area contributed by atoms with E-state index in [-0.39, 0.29) is 25.9 Å². The summed E-state index contributed by atoms with van der Waals surface area (Å²) in [5.74, 6) is -3.14. The number of aliphatic hydroxyl groups excluding tert-OH is 2. The lowest BCUT2D eigenvalue weighted by molar-refractivity contribution is -0.301. The van der Waals surface area contributed by atoms with Gasteiger partial charge >= 0.3 is 23.9 Å². The fourth-order valence-electron chi connectivity index (χ4n) is 9.60. The van der Waals surface area contributed by atoms with E-state index in [9.17, 15) is 34.5 Å². The molecule has 1 aliphatic rings. The Bertz CT molecular complexity index is 1810. The van der Waals surface area contributed by atoms with Crippen LogP contribution in [0.1, 0.15) is 278 Å². The molecule has 83 heavy (non-hydrogen) atoms. The van der Waals surface area contributed by atoms with Crippen LogP contribution in [0.15, 0.2) is 97.2 Å². The second-order valence-corrected chi connectivity index (χ2v) is 22.3. The number of hydrogen-bond donors (Lipinski definition) is 3. The van der Waals surface area contributed by atoms with Crippen molar-refractivity contribution in [1.82, 2.24) is 0 Å². The molecular formula is C71H118O12. The van der Waals surface area contributed by atoms with Gasteiger partial charge < -0.3 is 39.0 Å². The first-order valence-corrected chi connectivity index (χ1v) is 33.2. The largest absolute Gasteiger partial charge is 0.479 e. The van der Waals surface area contributed by atoms with Crippen LogP contribution in [-0.2, 0) is 42.9 Å². The molecule has 0 bridgehead atoms. The van der Waals surface area contributed by atoms with E-state index >= 15 is 0 Å². The average molecular weight is 1160 g/mol. The van der Waals surface area contributed by atoms with E-state index in [2.05, 4.69) is 118 Å². The Kier molecular flexibility index (Phi) is 53.6. The summed E-state index contributed by atoms with van der Waals surface area (Å²) in [5.41, 5.74) is 0. The third-order valence-electron chi connectivity index (χ3n) is 14.6. The highest BCUT2D eigenvalue weighted by molar-refractivity contribution is 5.74. The lowest BCUT2D eigenvalue weighted by Gasteiger charge is -2.40. The summed E-state index contributed by atoms with van der Waals surface area (Å²) >= 11 is 0. The van der Waals surface area contributed by atoms with Gasteiger partial charge in [-0.05, 0) is 116 Å². The van der Waals surface area contributed by atoms with Crippen LogP contribution in [0.2, 0.25) is 0 Å². The maximum Gasteiger partial charge on any atom is 0.335 e. The highest BCUT2D eigenvalue weighted by Gasteiger charge is 2.50. The molecular weight excluding hydrogens is 1040 g/mol. The Balaban J connectivity index is 2.66. The topological polar surface area (TPSA) is 175 Å². The molecule has 3 N–H and O–H groups in total. The molecule has 1 fully saturated rings. The summed E-state index contributed by atoms with van der Waals surface area (Å²) in [4.78, 5) is 51.4. The number of rotatable bonds is 56. The number of unbranched alkanes of at least 4 members (excludes halogenated alkanes) is 26. The van der Waals surface area contributed by atoms with Crippen molar-refractivity contribution in [2.45, 2.75) is 314 Å². The standard InChI is InChI=1S/C71H118O12/c1-4-7-10-13-16-19-22-25-28-31-32-35-38-41-44-47-50-53-56-59-65(74)82-69-67(76)66(75)68(70(77)78)83-71(69)80-61-62(81-64(73)58-55-52-49-46-43-40-37-34-30-27-24-21-18-15-12-9-6-3)60-79-63(72)57-54-51-48-45-42-39-36-33-29-26-23-20-17-14-11-8-5-2/h8-9,11-12,16-21,25-30,62,66-69,71,75-76H,4-7,10,13-15,22-24,31-61H2,1-3H3,(H,77,78)/b11-8-,12-9-,19-16-,20-17-,21-18-,28-25-,29-26-,30-27-. The van der Waals surface area contributed by atoms with Crippen molar-refractivity contribution in [1.29, 1.82) is 0 Å². The molecule has 0 radical (unpaired) electrons. The van der Waals surface area contributed by atoms with Gasteiger partial charge in [-0.15, -0.1) is 0 Å². The van der Waals surface area contributed by atoms with Crippen LogP contribution in [0, 0.1) is 0 Å². The second-order valence-electron chi connectivity index (χ2n) is 22.3. The number of allylic oxidation sites excluding steroid dienone is 16. The van der Waals surface area contributed by atoms with Crippen LogP contribution in [0.4, 0.5) is 0 Å². The van der Waals surface area contributed by atoms with Crippen LogP contribution in [-0.4, -0.2) is 89.2 Å². The van der Waals surface area contributed by atoms with Gasteiger partial charge in [0.2, 0.25) is 0 Å². The average Bonchev–Trinajstić information content (AvgIpc) is 3.58. The number of aliphatic hydroxyl groups is 2. The van der Waals surface area contributed by atoms with E-state index in [1.165, 1.54) is 57.8 Å². The number of ether oxygens (including phenoxy) is 5. The first-order chi connectivity index (χ1) is 40.6. The number of carbonyl (C=O) groups is 4. The number of carboxylic acid groups (broad SMARTS) is 1. The third-order valence-corrected chi connectivity index (χ3v) is 14.6. The van der Waals surface area contributed by atoms with E-state index in [1.54, 1.807) is 0 Å². The normalized spacial score (nSPS) is 18.2. The SMILES string of the molecule is CC/C=C\C/C=C\C/C=C\CCCCCCCCCC(=O)OCC(COC1OC(C(=O)O)C(O)C(O)C1OC(=O)CCCCCCCCCCC/C=C\C/C=C\CCCCC)OC(=O)CCCCCCCCC/C=C\C/C=C\C/C=C\CC. The van der Waals surface area contributed by atoms with E-state index in [1.807, 2.05) is 0 Å². The van der Waals surface area contributed by atoms with E-state index in [0.29, 0.717) is 19.3 Å². The molecule has 0 aromatic heterocycles. The highest BCUT2D eigenvalue weighted by atomic mass is 16.7. The molecule has 0 aromatic carbocycles. The molecule has 12 heteroatoms. The van der Waals surface area contributed by atoms with Gasteiger partial charge in [0.15, 0.2) is 24.6 Å². The number of carbonyl (C=O) groups excluding carboxylic acids is 3. The molecule has 6 unspecified atom stereocenters. The van der Waals surface area contributed by atoms with Gasteiger partial charge in [0.25, 0.3) is 0 Å². The van der Waals surface area contributed by atoms with Crippen molar-refractivity contribution in [3.05, 3.63) is 97.2 Å². The minimum atomic E-state index is -1.91. The molecule has 1 aliphatic heterocycles. The fraction of sp³-hybridized carbons (Fsp3) is 0.718. The molecule has 0 spiro atoms. The monoisotopic (exact) mass is 1160 g/mol. The Hall–Kier alpha value is -4.36. The van der Waals surface area contributed by atoms with Crippen LogP contribution in [0.3, 0.4) is 0 Å². The number of esters is 3. The van der Waals surface area contributed by atoms with Crippen LogP contribution >= 0.6 is 0 Å². The molecule has 474 valence electrons. The van der Waals surface area contributed by atoms with Gasteiger partial charge in [-0.25, -0.2) is 4.79 Å². The number of hydrogen-bond acceptors (Lipinski definition) is 11. The zero-order valence-corrected chi connectivity index (χ0v) is 52.4. The van der Waals surface area contributed by atoms with E-state index in [4.69, 9.17) is 23.7 Å². The van der Waals surface area contributed by atoms with Gasteiger partial charge in [-0.2, -0.15) is 0 Å². The summed E-state index contributed by atoms with van der Waals surface area (Å²) < 4.78 is 28.6. The lowest BCUT2D eigenvalue weighted by Crippen LogP contribution is -2.61. The molecule has 0 aromatic rings. The molecule has 1 saturated heterocycles. The predicted molar refractivity (Wildman–Crippen MR) is 340 cm³/mol. The van der Waals surface area contributed by atoms with E-state index < -0.39 is 67.3 Å². The van der Waals surface area contributed by atoms with Crippen molar-refractivity contribution in [2.24, 2.45) is 0 Å². The predicted octanol–water partition coefficient (Wildman–Crippen LogP) is 18.0. The van der Waals surface area contributed by atoms with Crippen molar-refractivity contribution in [3.8, 4) is 0 Å². The zero-order chi connectivity index (χ0) is 60.3. The van der Waals surface area contributed by atoms with Crippen LogP contribution in [0.5, 0.6) is 0 Å². The quantitative estimate of drug-likeness (QED) is 0.0228. The van der Waals surface area contributed by atoms with Crippen molar-refractivity contribution in [2.75, 3.05) is 13.2 Å². The number of carboxylic acids is 1. The Morgan fingerprint density at radius 1 is 0.410 bits per heavy atom. The molecule has 0 aliphatic carbocycles. The van der Waals surface area contributed by atoms with Crippen molar-refractivity contribution >= 4 is 23.9 Å². The van der Waals surface area contributed by atoms with E-state index in [0.717, 1.165) is 161 Å². The summed E-state index contributed by atoms with van der Waals surface area (Å²) in [6, 6.07) is 0. The maximum atomic E-state index is 13.2. The first kappa shape index (κ1) is 76.7. The molecule has 0 saturated carbocycles. The number of aliphatic carboxylic acids is 1. The van der Waals surface area contributed by atoms with Gasteiger partial charge in [0, 0.05) is 19.3 Å². The molecule has 1 heterocycles. The second kappa shape index (κ2) is 58.0. The van der Waals surface area contributed by atoms with Gasteiger partial charge in [-0.1, -0.05) is 240 Å². The van der Waals surface area contributed by atoms with Crippen molar-refractivity contribution in [3.63, 3.8) is 0 Å². The Labute approximate surface area is 504 Å². The smallest absolute Gasteiger partial charge is 0.335 e. The van der Waals surface area contributed by atoms with Crippen molar-refractivity contribution < 1.29 is 58.2 Å². The summed E-state index contributed by atoms with van der Waals surface area (Å²) in [7, 11) is 0. The van der Waals surface area contributed by atoms with Gasteiger partial charge in [0.05, 0.1) is 6.61 Å². The fourth-order valence-corrected chi connectivity index (χ4v) is 9.60. The van der Waals surface area contributed by atoms with Gasteiger partial charge in [0.1, 0.15) is 18.8 Å². The molecule has 12 nitrogen and oxygen atoms in total.